The zero-order valence-electron chi connectivity index (χ0n) is 8.08. The molecule has 0 aromatic carbocycles. The Labute approximate surface area is 81.2 Å². The summed E-state index contributed by atoms with van der Waals surface area (Å²) in [7, 11) is -0.882. The van der Waals surface area contributed by atoms with Gasteiger partial charge in [-0.2, -0.15) is 0 Å². The Balaban J connectivity index is 3.59. The molecule has 0 aromatic rings. The van der Waals surface area contributed by atoms with E-state index in [1.54, 1.807) is 6.26 Å². The van der Waals surface area contributed by atoms with Gasteiger partial charge in [-0.25, -0.2) is 0 Å². The molecule has 0 aliphatic heterocycles. The molecule has 0 saturated heterocycles. The first-order chi connectivity index (χ1) is 6.06. The van der Waals surface area contributed by atoms with Crippen molar-refractivity contribution in [3.63, 3.8) is 0 Å². The molecule has 5 heteroatoms. The highest BCUT2D eigenvalue weighted by atomic mass is 32.2. The Morgan fingerprint density at radius 1 is 1.62 bits per heavy atom. The molecule has 0 aliphatic rings. The van der Waals surface area contributed by atoms with E-state index in [4.69, 9.17) is 5.11 Å². The molecule has 0 radical (unpaired) electrons. The molecule has 4 nitrogen and oxygen atoms in total. The van der Waals surface area contributed by atoms with Gasteiger partial charge in [0.1, 0.15) is 0 Å². The highest BCUT2D eigenvalue weighted by Crippen LogP contribution is 1.90. The molecule has 0 rings (SSSR count). The second-order valence-corrected chi connectivity index (χ2v) is 4.52. The van der Waals surface area contributed by atoms with Gasteiger partial charge in [-0.1, -0.05) is 0 Å². The van der Waals surface area contributed by atoms with Gasteiger partial charge in [0.05, 0.1) is 0 Å². The average Bonchev–Trinajstić information content (AvgIpc) is 1.98. The third-order valence-electron chi connectivity index (χ3n) is 1.45. The largest absolute Gasteiger partial charge is 0.396 e. The summed E-state index contributed by atoms with van der Waals surface area (Å²) in [6.45, 7) is 1.85. The lowest BCUT2D eigenvalue weighted by Gasteiger charge is -2.11. The predicted octanol–water partition coefficient (Wildman–Crippen LogP) is -0.358. The molecule has 0 saturated carbocycles. The van der Waals surface area contributed by atoms with E-state index in [1.807, 2.05) is 6.92 Å². The van der Waals surface area contributed by atoms with Gasteiger partial charge in [-0.15, -0.1) is 0 Å². The Bertz CT molecular complexity index is 184. The van der Waals surface area contributed by atoms with E-state index >= 15 is 0 Å². The summed E-state index contributed by atoms with van der Waals surface area (Å²) in [6, 6.07) is -0.0583. The molecule has 0 aliphatic carbocycles. The quantitative estimate of drug-likeness (QED) is 0.625. The number of rotatable bonds is 6. The van der Waals surface area contributed by atoms with Crippen molar-refractivity contribution in [2.45, 2.75) is 25.8 Å². The van der Waals surface area contributed by atoms with Crippen molar-refractivity contribution in [3.8, 4) is 0 Å². The van der Waals surface area contributed by atoms with Crippen LogP contribution in [0.3, 0.4) is 0 Å². The molecule has 0 fully saturated rings. The van der Waals surface area contributed by atoms with Crippen LogP contribution in [-0.4, -0.2) is 39.9 Å². The van der Waals surface area contributed by atoms with Gasteiger partial charge in [-0.3, -0.25) is 9.00 Å². The van der Waals surface area contributed by atoms with Crippen molar-refractivity contribution in [3.05, 3.63) is 0 Å². The van der Waals surface area contributed by atoms with Crippen LogP contribution in [0, 0.1) is 0 Å². The zero-order valence-corrected chi connectivity index (χ0v) is 8.89. The minimum absolute atomic E-state index is 0.0293. The summed E-state index contributed by atoms with van der Waals surface area (Å²) in [4.78, 5) is 11.1. The van der Waals surface area contributed by atoms with Crippen molar-refractivity contribution >= 4 is 16.7 Å². The van der Waals surface area contributed by atoms with Crippen LogP contribution >= 0.6 is 0 Å². The van der Waals surface area contributed by atoms with E-state index in [-0.39, 0.29) is 18.6 Å². The van der Waals surface area contributed by atoms with Crippen LogP contribution in [0.15, 0.2) is 0 Å². The molecule has 0 aromatic heterocycles. The first kappa shape index (κ1) is 12.6. The number of hydrogen-bond donors (Lipinski definition) is 2. The van der Waals surface area contributed by atoms with E-state index in [2.05, 4.69) is 5.32 Å². The minimum Gasteiger partial charge on any atom is -0.396 e. The van der Waals surface area contributed by atoms with Crippen LogP contribution in [0.1, 0.15) is 19.8 Å². The third kappa shape index (κ3) is 7.93. The second-order valence-electron chi connectivity index (χ2n) is 3.04. The van der Waals surface area contributed by atoms with E-state index in [0.29, 0.717) is 18.6 Å². The SMILES string of the molecule is CC(CS(C)=O)NC(=O)CCCO. The van der Waals surface area contributed by atoms with Gasteiger partial charge in [0, 0.05) is 41.9 Å². The Kier molecular flexibility index (Phi) is 6.80. The van der Waals surface area contributed by atoms with Gasteiger partial charge in [0.25, 0.3) is 0 Å². The maximum absolute atomic E-state index is 11.1. The van der Waals surface area contributed by atoms with Crippen LogP contribution in [0.2, 0.25) is 0 Å². The number of amides is 1. The van der Waals surface area contributed by atoms with Crippen LogP contribution in [0.5, 0.6) is 0 Å². The fourth-order valence-electron chi connectivity index (χ4n) is 0.980. The highest BCUT2D eigenvalue weighted by Gasteiger charge is 2.07. The number of carbonyl (C=O) groups is 1. The predicted molar refractivity (Wildman–Crippen MR) is 52.9 cm³/mol. The molecule has 13 heavy (non-hydrogen) atoms. The summed E-state index contributed by atoms with van der Waals surface area (Å²) in [6.07, 6.45) is 2.42. The number of nitrogens with one attached hydrogen (secondary N) is 1. The summed E-state index contributed by atoms with van der Waals surface area (Å²) < 4.78 is 10.8. The monoisotopic (exact) mass is 207 g/mol. The zero-order chi connectivity index (χ0) is 10.3. The molecule has 2 unspecified atom stereocenters. The van der Waals surface area contributed by atoms with E-state index in [0.717, 1.165) is 0 Å². The van der Waals surface area contributed by atoms with Crippen molar-refractivity contribution < 1.29 is 14.1 Å². The fourth-order valence-corrected chi connectivity index (χ4v) is 1.77. The minimum atomic E-state index is -0.882. The first-order valence-corrected chi connectivity index (χ1v) is 5.99. The molecule has 0 heterocycles. The summed E-state index contributed by atoms with van der Waals surface area (Å²) in [5, 5.41) is 11.2. The molecule has 78 valence electrons. The molecule has 1 amide bonds. The van der Waals surface area contributed by atoms with Gasteiger partial charge in [0.15, 0.2) is 0 Å². The highest BCUT2D eigenvalue weighted by molar-refractivity contribution is 7.84. The molecule has 0 bridgehead atoms. The van der Waals surface area contributed by atoms with Crippen molar-refractivity contribution in [2.24, 2.45) is 0 Å². The maximum atomic E-state index is 11.1. The number of aliphatic hydroxyl groups excluding tert-OH is 1. The van der Waals surface area contributed by atoms with Gasteiger partial charge < -0.3 is 10.4 Å². The lowest BCUT2D eigenvalue weighted by atomic mass is 10.3. The maximum Gasteiger partial charge on any atom is 0.220 e. The summed E-state index contributed by atoms with van der Waals surface area (Å²) in [5.41, 5.74) is 0. The standard InChI is InChI=1S/C8H17NO3S/c1-7(6-13(2)12)9-8(11)4-3-5-10/h7,10H,3-6H2,1-2H3,(H,9,11). The lowest BCUT2D eigenvalue weighted by Crippen LogP contribution is -2.36. The smallest absolute Gasteiger partial charge is 0.220 e. The summed E-state index contributed by atoms with van der Waals surface area (Å²) in [5.74, 6) is 0.386. The molecule has 2 N–H and O–H groups in total. The number of hydrogen-bond acceptors (Lipinski definition) is 3. The van der Waals surface area contributed by atoms with Crippen molar-refractivity contribution in [1.29, 1.82) is 0 Å². The Hall–Kier alpha value is -0.420. The van der Waals surface area contributed by atoms with Gasteiger partial charge >= 0.3 is 0 Å². The number of aliphatic hydroxyl groups is 1. The first-order valence-electron chi connectivity index (χ1n) is 4.26. The lowest BCUT2D eigenvalue weighted by molar-refractivity contribution is -0.121. The van der Waals surface area contributed by atoms with Crippen LogP contribution in [-0.2, 0) is 15.6 Å². The topological polar surface area (TPSA) is 66.4 Å². The molecule has 2 atom stereocenters. The van der Waals surface area contributed by atoms with Gasteiger partial charge in [-0.05, 0) is 13.3 Å². The molecular weight excluding hydrogens is 190 g/mol. The second kappa shape index (κ2) is 7.03. The van der Waals surface area contributed by atoms with E-state index < -0.39 is 10.8 Å². The fraction of sp³-hybridized carbons (Fsp3) is 0.875. The van der Waals surface area contributed by atoms with Crippen molar-refractivity contribution in [1.82, 2.24) is 5.32 Å². The van der Waals surface area contributed by atoms with E-state index in [1.165, 1.54) is 0 Å². The Morgan fingerprint density at radius 3 is 2.69 bits per heavy atom. The van der Waals surface area contributed by atoms with Crippen LogP contribution in [0.4, 0.5) is 0 Å². The van der Waals surface area contributed by atoms with Crippen LogP contribution in [0.25, 0.3) is 0 Å². The number of carbonyl (C=O) groups excluding carboxylic acids is 1. The molecule has 0 spiro atoms. The summed E-state index contributed by atoms with van der Waals surface area (Å²) >= 11 is 0. The third-order valence-corrected chi connectivity index (χ3v) is 2.42. The average molecular weight is 207 g/mol. The van der Waals surface area contributed by atoms with Gasteiger partial charge in [0.2, 0.25) is 5.91 Å². The molecular formula is C8H17NO3S. The van der Waals surface area contributed by atoms with E-state index in [9.17, 15) is 9.00 Å². The van der Waals surface area contributed by atoms with Crippen LogP contribution < -0.4 is 5.32 Å². The normalized spacial score (nSPS) is 15.0. The Morgan fingerprint density at radius 2 is 2.23 bits per heavy atom. The van der Waals surface area contributed by atoms with Crippen molar-refractivity contribution in [2.75, 3.05) is 18.6 Å².